The highest BCUT2D eigenvalue weighted by atomic mass is 16.3. The number of furan rings is 1. The molecule has 10 rings (SSSR count). The summed E-state index contributed by atoms with van der Waals surface area (Å²) in [4.78, 5) is 14.3. The fraction of sp³-hybridized carbons (Fsp3) is 0. The molecular weight excluding hydrogens is 623 g/mol. The second kappa shape index (κ2) is 11.9. The fourth-order valence-corrected chi connectivity index (χ4v) is 6.67. The Kier molecular flexibility index (Phi) is 5.29. The van der Waals surface area contributed by atoms with Crippen LogP contribution in [0.4, 0.5) is 0 Å². The van der Waals surface area contributed by atoms with E-state index >= 15 is 0 Å². The van der Waals surface area contributed by atoms with Crippen molar-refractivity contribution in [2.24, 2.45) is 0 Å². The summed E-state index contributed by atoms with van der Waals surface area (Å²) >= 11 is 0. The monoisotopic (exact) mass is 658 g/mol. The van der Waals surface area contributed by atoms with Crippen LogP contribution in [0.2, 0.25) is 0 Å². The van der Waals surface area contributed by atoms with Crippen LogP contribution in [-0.4, -0.2) is 15.0 Å². The van der Waals surface area contributed by atoms with Crippen molar-refractivity contribution in [3.8, 4) is 56.4 Å². The number of hydrogen-bond donors (Lipinski definition) is 0. The zero-order valence-electron chi connectivity index (χ0n) is 34.0. The SMILES string of the molecule is [2H]c1c([2H])c([2H])c2c([2H])c(-c3nc(-c4ccccc4)nc(-c4cccc(-c5ccc6cc(-c7cccc8oc9ccccc9c78)ccc6c5)c4)n3)c([2H])c([2H])c2c1[2H]. The lowest BCUT2D eigenvalue weighted by molar-refractivity contribution is 0.669. The molecule has 0 atom stereocenters. The van der Waals surface area contributed by atoms with Gasteiger partial charge in [0.25, 0.3) is 0 Å². The molecule has 238 valence electrons. The van der Waals surface area contributed by atoms with Gasteiger partial charge in [-0.15, -0.1) is 0 Å². The van der Waals surface area contributed by atoms with Crippen LogP contribution < -0.4 is 0 Å². The first-order valence-electron chi connectivity index (χ1n) is 20.0. The van der Waals surface area contributed by atoms with Gasteiger partial charge in [-0.2, -0.15) is 0 Å². The number of nitrogens with zero attached hydrogens (tertiary/aromatic N) is 3. The summed E-state index contributed by atoms with van der Waals surface area (Å²) < 4.78 is 66.5. The summed E-state index contributed by atoms with van der Waals surface area (Å²) in [5.74, 6) is 0.511. The molecule has 0 radical (unpaired) electrons. The fourth-order valence-electron chi connectivity index (χ4n) is 6.67. The molecule has 0 spiro atoms. The van der Waals surface area contributed by atoms with E-state index in [2.05, 4.69) is 48.5 Å². The number of para-hydroxylation sites is 1. The van der Waals surface area contributed by atoms with E-state index in [0.29, 0.717) is 11.1 Å². The topological polar surface area (TPSA) is 51.8 Å². The smallest absolute Gasteiger partial charge is 0.164 e. The quantitative estimate of drug-likeness (QED) is 0.185. The zero-order chi connectivity index (χ0) is 39.8. The van der Waals surface area contributed by atoms with E-state index in [0.717, 1.165) is 55.0 Å². The van der Waals surface area contributed by atoms with Crippen LogP contribution in [0, 0.1) is 0 Å². The molecule has 0 aliphatic heterocycles. The van der Waals surface area contributed by atoms with Crippen LogP contribution in [0.15, 0.2) is 180 Å². The largest absolute Gasteiger partial charge is 0.456 e. The third-order valence-electron chi connectivity index (χ3n) is 9.15. The van der Waals surface area contributed by atoms with E-state index in [1.807, 2.05) is 84.9 Å². The van der Waals surface area contributed by atoms with E-state index in [9.17, 15) is 0 Å². The van der Waals surface area contributed by atoms with Crippen molar-refractivity contribution < 1.29 is 14.0 Å². The molecule has 10 aromatic rings. The van der Waals surface area contributed by atoms with Gasteiger partial charge in [-0.3, -0.25) is 0 Å². The number of hydrogen-bond acceptors (Lipinski definition) is 4. The molecule has 51 heavy (non-hydrogen) atoms. The van der Waals surface area contributed by atoms with Gasteiger partial charge in [0.05, 0.1) is 9.60 Å². The lowest BCUT2D eigenvalue weighted by atomic mass is 9.95. The number of fused-ring (bicyclic) bond motifs is 5. The highest BCUT2D eigenvalue weighted by Gasteiger charge is 2.15. The van der Waals surface area contributed by atoms with Gasteiger partial charge < -0.3 is 4.42 Å². The van der Waals surface area contributed by atoms with Gasteiger partial charge in [0.2, 0.25) is 0 Å². The third-order valence-corrected chi connectivity index (χ3v) is 9.15. The Labute approximate surface area is 304 Å². The van der Waals surface area contributed by atoms with E-state index in [-0.39, 0.29) is 39.9 Å². The van der Waals surface area contributed by atoms with E-state index < -0.39 is 36.3 Å². The molecule has 0 saturated heterocycles. The number of aromatic nitrogens is 3. The maximum absolute atomic E-state index is 9.15. The highest BCUT2D eigenvalue weighted by molar-refractivity contribution is 6.13. The minimum atomic E-state index is -0.528. The average molecular weight is 659 g/mol. The lowest BCUT2D eigenvalue weighted by Crippen LogP contribution is -2.00. The van der Waals surface area contributed by atoms with Crippen molar-refractivity contribution >= 4 is 43.5 Å². The predicted molar refractivity (Wildman–Crippen MR) is 209 cm³/mol. The molecule has 0 aliphatic carbocycles. The van der Waals surface area contributed by atoms with Crippen LogP contribution >= 0.6 is 0 Å². The molecule has 2 aromatic heterocycles. The second-order valence-electron chi connectivity index (χ2n) is 12.3. The number of benzene rings is 8. The van der Waals surface area contributed by atoms with E-state index in [1.54, 1.807) is 0 Å². The van der Waals surface area contributed by atoms with Gasteiger partial charge in [0.1, 0.15) is 11.2 Å². The molecule has 8 aromatic carbocycles. The van der Waals surface area contributed by atoms with Gasteiger partial charge in [0, 0.05) is 27.5 Å². The summed E-state index contributed by atoms with van der Waals surface area (Å²) in [6, 6.07) is 40.9. The Morgan fingerprint density at radius 2 is 1.04 bits per heavy atom. The molecule has 0 amide bonds. The van der Waals surface area contributed by atoms with Crippen molar-refractivity contribution in [3.63, 3.8) is 0 Å². The minimum absolute atomic E-state index is 0.0484. The van der Waals surface area contributed by atoms with E-state index in [4.69, 9.17) is 29.0 Å². The van der Waals surface area contributed by atoms with Crippen molar-refractivity contribution in [1.82, 2.24) is 15.0 Å². The molecule has 0 bridgehead atoms. The lowest BCUT2D eigenvalue weighted by Gasteiger charge is -2.11. The van der Waals surface area contributed by atoms with Crippen LogP contribution in [0.1, 0.15) is 9.60 Å². The normalized spacial score (nSPS) is 13.5. The summed E-state index contributed by atoms with van der Waals surface area (Å²) in [6.45, 7) is 0. The van der Waals surface area contributed by atoms with Gasteiger partial charge in [-0.1, -0.05) is 139 Å². The summed E-state index contributed by atoms with van der Waals surface area (Å²) in [5, 5.41) is 3.97. The van der Waals surface area contributed by atoms with Crippen LogP contribution in [0.3, 0.4) is 0 Å². The Morgan fingerprint density at radius 1 is 0.412 bits per heavy atom. The average Bonchev–Trinajstić information content (AvgIpc) is 3.65. The first kappa shape index (κ1) is 22.7. The van der Waals surface area contributed by atoms with Crippen molar-refractivity contribution in [1.29, 1.82) is 0 Å². The Balaban J connectivity index is 1.08. The maximum Gasteiger partial charge on any atom is 0.164 e. The van der Waals surface area contributed by atoms with Gasteiger partial charge in [0.15, 0.2) is 17.5 Å². The summed E-state index contributed by atoms with van der Waals surface area (Å²) in [6.07, 6.45) is 0. The Morgan fingerprint density at radius 3 is 1.90 bits per heavy atom. The minimum Gasteiger partial charge on any atom is -0.456 e. The first-order valence-corrected chi connectivity index (χ1v) is 16.5. The molecule has 0 N–H and O–H groups in total. The van der Waals surface area contributed by atoms with Crippen LogP contribution in [-0.2, 0) is 0 Å². The van der Waals surface area contributed by atoms with Crippen molar-refractivity contribution in [3.05, 3.63) is 176 Å². The summed E-state index contributed by atoms with van der Waals surface area (Å²) in [5.41, 5.74) is 7.01. The summed E-state index contributed by atoms with van der Waals surface area (Å²) in [7, 11) is 0. The number of rotatable bonds is 5. The Hall–Kier alpha value is -6.91. The van der Waals surface area contributed by atoms with Gasteiger partial charge in [-0.05, 0) is 80.2 Å². The molecule has 0 unspecified atom stereocenters. The second-order valence-corrected chi connectivity index (χ2v) is 12.3. The van der Waals surface area contributed by atoms with Gasteiger partial charge >= 0.3 is 0 Å². The van der Waals surface area contributed by atoms with Crippen LogP contribution in [0.5, 0.6) is 0 Å². The molecule has 2 heterocycles. The maximum atomic E-state index is 9.15. The van der Waals surface area contributed by atoms with E-state index in [1.165, 1.54) is 0 Å². The highest BCUT2D eigenvalue weighted by Crippen LogP contribution is 2.38. The zero-order valence-corrected chi connectivity index (χ0v) is 27.0. The van der Waals surface area contributed by atoms with Crippen molar-refractivity contribution in [2.75, 3.05) is 0 Å². The standard InChI is InChI=1S/C47H29N3O/c1-2-11-31(12-3-1)45-48-46(50-47(49-45)39-25-20-30-10-4-5-13-32(30)28-39)38-15-8-14-33(29-38)34-21-22-36-27-37(24-23-35(36)26-34)40-17-9-19-43-44(40)41-16-6-7-18-42(41)51-43/h1-29H/i4D,5D,10D,13D,20D,25D,28D. The molecule has 4 nitrogen and oxygen atoms in total. The molecular formula is C47H29N3O. The Bertz CT molecular complexity index is 3330. The molecule has 0 fully saturated rings. The van der Waals surface area contributed by atoms with Gasteiger partial charge in [-0.25, -0.2) is 15.0 Å². The van der Waals surface area contributed by atoms with Crippen molar-refractivity contribution in [2.45, 2.75) is 0 Å². The first-order chi connectivity index (χ1) is 28.2. The third kappa shape index (κ3) is 5.22. The predicted octanol–water partition coefficient (Wildman–Crippen LogP) is 12.4. The van der Waals surface area contributed by atoms with Crippen LogP contribution in [0.25, 0.3) is 99.9 Å². The molecule has 4 heteroatoms. The molecule has 0 saturated carbocycles. The molecule has 0 aliphatic rings.